The molecule has 18 heavy (non-hydrogen) atoms. The second-order valence-electron chi connectivity index (χ2n) is 4.73. The predicted octanol–water partition coefficient (Wildman–Crippen LogP) is 1.23. The van der Waals surface area contributed by atoms with E-state index >= 15 is 0 Å². The number of nitrogens with two attached hydrogens (primary N) is 1. The summed E-state index contributed by atoms with van der Waals surface area (Å²) in [5.41, 5.74) is 6.94. The van der Waals surface area contributed by atoms with E-state index < -0.39 is 0 Å². The van der Waals surface area contributed by atoms with Gasteiger partial charge < -0.3 is 15.8 Å². The topological polar surface area (TPSA) is 64.4 Å². The van der Waals surface area contributed by atoms with Gasteiger partial charge in [0.05, 0.1) is 6.54 Å². The van der Waals surface area contributed by atoms with Crippen molar-refractivity contribution in [3.63, 3.8) is 0 Å². The number of fused-ring (bicyclic) bond motifs is 1. The Morgan fingerprint density at radius 2 is 2.33 bits per heavy atom. The number of amides is 1. The molecule has 3 N–H and O–H groups in total. The van der Waals surface area contributed by atoms with Gasteiger partial charge in [-0.25, -0.2) is 0 Å². The monoisotopic (exact) mass is 248 g/mol. The molecule has 1 aromatic carbocycles. The quantitative estimate of drug-likeness (QED) is 0.824. The van der Waals surface area contributed by atoms with Crippen LogP contribution in [0.2, 0.25) is 0 Å². The minimum atomic E-state index is -0.0494. The molecule has 1 heterocycles. The molecule has 0 radical (unpaired) electrons. The molecule has 0 saturated carbocycles. The Balaban J connectivity index is 1.75. The van der Waals surface area contributed by atoms with Gasteiger partial charge in [-0.3, -0.25) is 4.79 Å². The number of hydrogen-bond donors (Lipinski definition) is 2. The first-order chi connectivity index (χ1) is 8.69. The number of ether oxygens (including phenoxy) is 1. The smallest absolute Gasteiger partial charge is 0.221 e. The van der Waals surface area contributed by atoms with E-state index in [0.717, 1.165) is 18.6 Å². The molecule has 1 amide bonds. The van der Waals surface area contributed by atoms with Crippen LogP contribution >= 0.6 is 0 Å². The van der Waals surface area contributed by atoms with Crippen LogP contribution in [0.1, 0.15) is 25.3 Å². The van der Waals surface area contributed by atoms with Crippen molar-refractivity contribution >= 4 is 5.91 Å². The fourth-order valence-electron chi connectivity index (χ4n) is 2.05. The average Bonchev–Trinajstić information content (AvgIpc) is 2.79. The van der Waals surface area contributed by atoms with Crippen molar-refractivity contribution in [2.75, 3.05) is 6.54 Å². The summed E-state index contributed by atoms with van der Waals surface area (Å²) in [5, 5.41) is 2.88. The Morgan fingerprint density at radius 1 is 1.56 bits per heavy atom. The lowest BCUT2D eigenvalue weighted by atomic mass is 10.1. The van der Waals surface area contributed by atoms with Crippen molar-refractivity contribution in [2.24, 2.45) is 5.73 Å². The highest BCUT2D eigenvalue weighted by Gasteiger charge is 2.22. The van der Waals surface area contributed by atoms with Crippen LogP contribution in [-0.2, 0) is 11.2 Å². The van der Waals surface area contributed by atoms with Crippen LogP contribution in [0.15, 0.2) is 24.3 Å². The minimum absolute atomic E-state index is 0.00362. The summed E-state index contributed by atoms with van der Waals surface area (Å²) in [7, 11) is 0. The molecular weight excluding hydrogens is 228 g/mol. The fraction of sp³-hybridized carbons (Fsp3) is 0.500. The highest BCUT2D eigenvalue weighted by Crippen LogP contribution is 2.27. The zero-order valence-electron chi connectivity index (χ0n) is 10.7. The Labute approximate surface area is 108 Å². The maximum atomic E-state index is 11.6. The molecule has 2 atom stereocenters. The molecule has 4 heteroatoms. The third-order valence-corrected chi connectivity index (χ3v) is 3.21. The van der Waals surface area contributed by atoms with Crippen molar-refractivity contribution in [3.05, 3.63) is 29.8 Å². The van der Waals surface area contributed by atoms with Gasteiger partial charge in [0.2, 0.25) is 5.91 Å². The SMILES string of the molecule is CCC(N)CC(=O)NCC1Cc2ccccc2O1. The highest BCUT2D eigenvalue weighted by atomic mass is 16.5. The normalized spacial score (nSPS) is 18.9. The number of para-hydroxylation sites is 1. The largest absolute Gasteiger partial charge is 0.488 e. The van der Waals surface area contributed by atoms with E-state index in [1.807, 2.05) is 25.1 Å². The fourth-order valence-corrected chi connectivity index (χ4v) is 2.05. The molecule has 1 aliphatic rings. The molecule has 98 valence electrons. The Kier molecular flexibility index (Phi) is 4.20. The highest BCUT2D eigenvalue weighted by molar-refractivity contribution is 5.76. The summed E-state index contributed by atoms with van der Waals surface area (Å²) in [6.45, 7) is 2.53. The molecule has 0 aromatic heterocycles. The lowest BCUT2D eigenvalue weighted by Crippen LogP contribution is -2.37. The van der Waals surface area contributed by atoms with E-state index in [4.69, 9.17) is 10.5 Å². The van der Waals surface area contributed by atoms with Gasteiger partial charge in [0.15, 0.2) is 0 Å². The average molecular weight is 248 g/mol. The summed E-state index contributed by atoms with van der Waals surface area (Å²) < 4.78 is 5.74. The molecule has 4 nitrogen and oxygen atoms in total. The van der Waals surface area contributed by atoms with E-state index in [0.29, 0.717) is 13.0 Å². The maximum absolute atomic E-state index is 11.6. The van der Waals surface area contributed by atoms with Crippen LogP contribution < -0.4 is 15.8 Å². The van der Waals surface area contributed by atoms with Crippen molar-refractivity contribution in [2.45, 2.75) is 38.3 Å². The van der Waals surface area contributed by atoms with E-state index in [9.17, 15) is 4.79 Å². The van der Waals surface area contributed by atoms with Crippen LogP contribution in [0.3, 0.4) is 0 Å². The number of hydrogen-bond acceptors (Lipinski definition) is 3. The first-order valence-corrected chi connectivity index (χ1v) is 6.46. The number of nitrogens with one attached hydrogen (secondary N) is 1. The second kappa shape index (κ2) is 5.87. The van der Waals surface area contributed by atoms with Gasteiger partial charge in [0, 0.05) is 18.9 Å². The molecule has 2 rings (SSSR count). The van der Waals surface area contributed by atoms with Crippen LogP contribution in [0.25, 0.3) is 0 Å². The zero-order valence-corrected chi connectivity index (χ0v) is 10.7. The number of rotatable bonds is 5. The van der Waals surface area contributed by atoms with Gasteiger partial charge in [-0.15, -0.1) is 0 Å². The Bertz CT molecular complexity index is 395. The van der Waals surface area contributed by atoms with Crippen molar-refractivity contribution < 1.29 is 9.53 Å². The van der Waals surface area contributed by atoms with Gasteiger partial charge in [-0.1, -0.05) is 25.1 Å². The first kappa shape index (κ1) is 12.9. The maximum Gasteiger partial charge on any atom is 0.221 e. The molecule has 0 saturated heterocycles. The van der Waals surface area contributed by atoms with Crippen LogP contribution in [0.5, 0.6) is 5.75 Å². The summed E-state index contributed by atoms with van der Waals surface area (Å²) in [4.78, 5) is 11.6. The van der Waals surface area contributed by atoms with Crippen molar-refractivity contribution in [3.8, 4) is 5.75 Å². The molecule has 0 fully saturated rings. The predicted molar refractivity (Wildman–Crippen MR) is 70.5 cm³/mol. The molecule has 1 aromatic rings. The summed E-state index contributed by atoms with van der Waals surface area (Å²) in [6.07, 6.45) is 2.11. The van der Waals surface area contributed by atoms with Gasteiger partial charge in [-0.05, 0) is 18.1 Å². The standard InChI is InChI=1S/C14H20N2O2/c1-2-11(15)8-14(17)16-9-12-7-10-5-3-4-6-13(10)18-12/h3-6,11-12H,2,7-9,15H2,1H3,(H,16,17). The first-order valence-electron chi connectivity index (χ1n) is 6.46. The van der Waals surface area contributed by atoms with E-state index in [-0.39, 0.29) is 18.1 Å². The van der Waals surface area contributed by atoms with Crippen LogP contribution in [0, 0.1) is 0 Å². The number of carbonyl (C=O) groups is 1. The number of carbonyl (C=O) groups excluding carboxylic acids is 1. The Morgan fingerprint density at radius 3 is 3.06 bits per heavy atom. The van der Waals surface area contributed by atoms with E-state index in [2.05, 4.69) is 11.4 Å². The Hall–Kier alpha value is -1.55. The van der Waals surface area contributed by atoms with Gasteiger partial charge >= 0.3 is 0 Å². The molecule has 0 aliphatic carbocycles. The molecule has 0 spiro atoms. The third-order valence-electron chi connectivity index (χ3n) is 3.21. The molecule has 1 aliphatic heterocycles. The van der Waals surface area contributed by atoms with Crippen molar-refractivity contribution in [1.29, 1.82) is 0 Å². The summed E-state index contributed by atoms with van der Waals surface area (Å²) in [6, 6.07) is 7.93. The summed E-state index contributed by atoms with van der Waals surface area (Å²) >= 11 is 0. The zero-order chi connectivity index (χ0) is 13.0. The third kappa shape index (κ3) is 3.23. The molecule has 0 bridgehead atoms. The molecule has 2 unspecified atom stereocenters. The van der Waals surface area contributed by atoms with Gasteiger partial charge in [0.25, 0.3) is 0 Å². The lowest BCUT2D eigenvalue weighted by Gasteiger charge is -2.13. The minimum Gasteiger partial charge on any atom is -0.488 e. The van der Waals surface area contributed by atoms with Crippen LogP contribution in [0.4, 0.5) is 0 Å². The van der Waals surface area contributed by atoms with E-state index in [1.54, 1.807) is 0 Å². The molecular formula is C14H20N2O2. The van der Waals surface area contributed by atoms with Gasteiger partial charge in [-0.2, -0.15) is 0 Å². The second-order valence-corrected chi connectivity index (χ2v) is 4.73. The van der Waals surface area contributed by atoms with E-state index in [1.165, 1.54) is 5.56 Å². The lowest BCUT2D eigenvalue weighted by molar-refractivity contribution is -0.121. The van der Waals surface area contributed by atoms with Crippen molar-refractivity contribution in [1.82, 2.24) is 5.32 Å². The van der Waals surface area contributed by atoms with Gasteiger partial charge in [0.1, 0.15) is 11.9 Å². The number of benzene rings is 1. The van der Waals surface area contributed by atoms with Crippen LogP contribution in [-0.4, -0.2) is 24.6 Å². The summed E-state index contributed by atoms with van der Waals surface area (Å²) in [5.74, 6) is 0.936.